The lowest BCUT2D eigenvalue weighted by Gasteiger charge is -2.25. The fourth-order valence-electron chi connectivity index (χ4n) is 1.09. The predicted octanol–water partition coefficient (Wildman–Crippen LogP) is 1.06. The van der Waals surface area contributed by atoms with E-state index in [-0.39, 0.29) is 0 Å². The Labute approximate surface area is 76.0 Å². The minimum absolute atomic E-state index is 0.877. The van der Waals surface area contributed by atoms with Crippen LogP contribution in [-0.4, -0.2) is 37.7 Å². The number of ether oxygens (including phenoxy) is 1. The Hall–Kier alpha value is -0.0400. The van der Waals surface area contributed by atoms with Gasteiger partial charge < -0.3 is 4.74 Å². The Kier molecular flexibility index (Phi) is 4.60. The van der Waals surface area contributed by atoms with Crippen LogP contribution in [0.2, 0.25) is 0 Å². The average molecular weight is 218 g/mol. The van der Waals surface area contributed by atoms with E-state index in [1.165, 1.54) is 0 Å². The minimum atomic E-state index is 0.877. The molecule has 0 atom stereocenters. The van der Waals surface area contributed by atoms with Crippen molar-refractivity contribution in [2.75, 3.05) is 32.8 Å². The second-order valence-corrected chi connectivity index (χ2v) is 2.87. The average Bonchev–Trinajstić information content (AvgIpc) is 2.07. The summed E-state index contributed by atoms with van der Waals surface area (Å²) in [5.74, 6) is 2.98. The van der Waals surface area contributed by atoms with Gasteiger partial charge in [0.2, 0.25) is 0 Å². The normalized spacial score (nSPS) is 19.0. The first-order valence-electron chi connectivity index (χ1n) is 3.82. The highest BCUT2D eigenvalue weighted by atomic mass is 79.9. The number of hydrogen-bond donors (Lipinski definition) is 0. The topological polar surface area (TPSA) is 12.5 Å². The van der Waals surface area contributed by atoms with Gasteiger partial charge in [0.1, 0.15) is 0 Å². The smallest absolute Gasteiger partial charge is 0.0594 e. The molecule has 0 aromatic rings. The summed E-state index contributed by atoms with van der Waals surface area (Å²) in [5.41, 5.74) is 0. The number of hydrogen-bond acceptors (Lipinski definition) is 2. The standard InChI is InChI=1S/C8H12BrNO/c9-3-1-2-4-10-5-7-11-8-6-10/h2,4-8H2. The van der Waals surface area contributed by atoms with Crippen LogP contribution in [0.1, 0.15) is 6.42 Å². The quantitative estimate of drug-likeness (QED) is 0.642. The summed E-state index contributed by atoms with van der Waals surface area (Å²) in [6.45, 7) is 4.94. The summed E-state index contributed by atoms with van der Waals surface area (Å²) in [6.07, 6.45) is 0.950. The molecule has 0 saturated carbocycles. The molecule has 2 nitrogen and oxygen atoms in total. The molecule has 0 unspecified atom stereocenters. The maximum Gasteiger partial charge on any atom is 0.0594 e. The summed E-state index contributed by atoms with van der Waals surface area (Å²) in [6, 6.07) is 0. The third kappa shape index (κ3) is 3.76. The molecular weight excluding hydrogens is 206 g/mol. The van der Waals surface area contributed by atoms with Crippen molar-refractivity contribution < 1.29 is 4.74 Å². The molecule has 1 saturated heterocycles. The largest absolute Gasteiger partial charge is 0.379 e. The van der Waals surface area contributed by atoms with E-state index in [9.17, 15) is 0 Å². The Bertz CT molecular complexity index is 155. The molecule has 0 radical (unpaired) electrons. The first-order chi connectivity index (χ1) is 5.43. The molecule has 0 spiro atoms. The van der Waals surface area contributed by atoms with Gasteiger partial charge in [0.15, 0.2) is 0 Å². The van der Waals surface area contributed by atoms with E-state index in [0.717, 1.165) is 39.3 Å². The summed E-state index contributed by atoms with van der Waals surface area (Å²) < 4.78 is 5.22. The fourth-order valence-corrected chi connectivity index (χ4v) is 1.28. The molecule has 0 aromatic heterocycles. The Morgan fingerprint density at radius 2 is 2.09 bits per heavy atom. The van der Waals surface area contributed by atoms with Crippen molar-refractivity contribution in [3.8, 4) is 10.8 Å². The molecule has 0 aliphatic carbocycles. The predicted molar refractivity (Wildman–Crippen MR) is 48.6 cm³/mol. The van der Waals surface area contributed by atoms with Gasteiger partial charge in [-0.15, -0.1) is 0 Å². The third-order valence-corrected chi connectivity index (χ3v) is 2.00. The number of nitrogens with zero attached hydrogens (tertiary/aromatic N) is 1. The number of halogens is 1. The molecular formula is C8H12BrNO. The van der Waals surface area contributed by atoms with Crippen LogP contribution in [-0.2, 0) is 4.74 Å². The van der Waals surface area contributed by atoms with E-state index in [1.54, 1.807) is 0 Å². The fraction of sp³-hybridized carbons (Fsp3) is 0.750. The Balaban J connectivity index is 2.08. The molecule has 1 fully saturated rings. The van der Waals surface area contributed by atoms with E-state index in [2.05, 4.69) is 31.6 Å². The van der Waals surface area contributed by atoms with Crippen molar-refractivity contribution in [3.63, 3.8) is 0 Å². The molecule has 0 bridgehead atoms. The van der Waals surface area contributed by atoms with Crippen molar-refractivity contribution in [3.05, 3.63) is 0 Å². The van der Waals surface area contributed by atoms with Gasteiger partial charge in [0.25, 0.3) is 0 Å². The summed E-state index contributed by atoms with van der Waals surface area (Å²) in [4.78, 5) is 5.09. The molecule has 0 amide bonds. The lowest BCUT2D eigenvalue weighted by Crippen LogP contribution is -2.36. The summed E-state index contributed by atoms with van der Waals surface area (Å²) in [7, 11) is 0. The van der Waals surface area contributed by atoms with Crippen LogP contribution in [0.3, 0.4) is 0 Å². The first-order valence-corrected chi connectivity index (χ1v) is 4.61. The summed E-state index contributed by atoms with van der Waals surface area (Å²) in [5, 5.41) is 0. The molecule has 11 heavy (non-hydrogen) atoms. The van der Waals surface area contributed by atoms with E-state index < -0.39 is 0 Å². The van der Waals surface area contributed by atoms with Crippen LogP contribution < -0.4 is 0 Å². The van der Waals surface area contributed by atoms with Crippen LogP contribution in [0.4, 0.5) is 0 Å². The monoisotopic (exact) mass is 217 g/mol. The van der Waals surface area contributed by atoms with Crippen LogP contribution in [0.5, 0.6) is 0 Å². The lowest BCUT2D eigenvalue weighted by molar-refractivity contribution is 0.0390. The van der Waals surface area contributed by atoms with E-state index >= 15 is 0 Å². The Morgan fingerprint density at radius 3 is 2.73 bits per heavy atom. The van der Waals surface area contributed by atoms with E-state index in [4.69, 9.17) is 4.74 Å². The van der Waals surface area contributed by atoms with Crippen LogP contribution in [0.25, 0.3) is 0 Å². The maximum atomic E-state index is 5.22. The van der Waals surface area contributed by atoms with Gasteiger partial charge in [0, 0.05) is 42.0 Å². The molecule has 3 heteroatoms. The SMILES string of the molecule is BrC#CCCN1CCOCC1. The molecule has 62 valence electrons. The van der Waals surface area contributed by atoms with Crippen LogP contribution in [0.15, 0.2) is 0 Å². The second kappa shape index (κ2) is 5.59. The molecule has 1 aliphatic rings. The highest BCUT2D eigenvalue weighted by Gasteiger charge is 2.07. The first kappa shape index (κ1) is 9.05. The number of morpholine rings is 1. The summed E-state index contributed by atoms with van der Waals surface area (Å²) >= 11 is 3.07. The zero-order valence-electron chi connectivity index (χ0n) is 6.48. The zero-order valence-corrected chi connectivity index (χ0v) is 8.06. The molecule has 1 rings (SSSR count). The van der Waals surface area contributed by atoms with Gasteiger partial charge in [0.05, 0.1) is 13.2 Å². The number of rotatable bonds is 2. The second-order valence-electron chi connectivity index (χ2n) is 2.48. The van der Waals surface area contributed by atoms with Crippen molar-refractivity contribution in [2.45, 2.75) is 6.42 Å². The van der Waals surface area contributed by atoms with Crippen LogP contribution >= 0.6 is 15.9 Å². The molecule has 0 N–H and O–H groups in total. The third-order valence-electron chi connectivity index (χ3n) is 1.72. The van der Waals surface area contributed by atoms with Crippen molar-refractivity contribution in [1.29, 1.82) is 0 Å². The Morgan fingerprint density at radius 1 is 1.36 bits per heavy atom. The minimum Gasteiger partial charge on any atom is -0.379 e. The van der Waals surface area contributed by atoms with Crippen molar-refractivity contribution in [1.82, 2.24) is 4.90 Å². The molecule has 1 heterocycles. The highest BCUT2D eigenvalue weighted by Crippen LogP contribution is 1.96. The zero-order chi connectivity index (χ0) is 7.94. The van der Waals surface area contributed by atoms with Gasteiger partial charge in [-0.1, -0.05) is 5.92 Å². The van der Waals surface area contributed by atoms with Gasteiger partial charge in [-0.2, -0.15) is 0 Å². The lowest BCUT2D eigenvalue weighted by atomic mass is 10.3. The van der Waals surface area contributed by atoms with E-state index in [0.29, 0.717) is 0 Å². The van der Waals surface area contributed by atoms with Crippen molar-refractivity contribution >= 4 is 15.9 Å². The maximum absolute atomic E-state index is 5.22. The van der Waals surface area contributed by atoms with Crippen molar-refractivity contribution in [2.24, 2.45) is 0 Å². The molecule has 0 aromatic carbocycles. The van der Waals surface area contributed by atoms with Crippen LogP contribution in [0, 0.1) is 10.8 Å². The highest BCUT2D eigenvalue weighted by molar-refractivity contribution is 9.12. The molecule has 1 aliphatic heterocycles. The van der Waals surface area contributed by atoms with Gasteiger partial charge >= 0.3 is 0 Å². The van der Waals surface area contributed by atoms with E-state index in [1.807, 2.05) is 0 Å². The van der Waals surface area contributed by atoms with Gasteiger partial charge in [-0.25, -0.2) is 0 Å². The van der Waals surface area contributed by atoms with Gasteiger partial charge in [-0.3, -0.25) is 4.90 Å². The van der Waals surface area contributed by atoms with Gasteiger partial charge in [-0.05, 0) is 4.83 Å².